The number of carbonyl (C=O) groups excluding carboxylic acids is 2. The Labute approximate surface area is 157 Å². The van der Waals surface area contributed by atoms with Gasteiger partial charge in [0.1, 0.15) is 11.6 Å². The van der Waals surface area contributed by atoms with E-state index in [-0.39, 0.29) is 24.1 Å². The number of carbonyl (C=O) groups is 2. The molecular weight excluding hydrogens is 347 g/mol. The maximum atomic E-state index is 13.4. The maximum absolute atomic E-state index is 13.4. The Morgan fingerprint density at radius 2 is 2.07 bits per heavy atom. The van der Waals surface area contributed by atoms with E-state index < -0.39 is 5.41 Å². The third-order valence-corrected chi connectivity index (χ3v) is 5.66. The van der Waals surface area contributed by atoms with E-state index in [0.717, 1.165) is 11.3 Å². The molecule has 4 rings (SSSR count). The number of ether oxygens (including phenoxy) is 1. The summed E-state index contributed by atoms with van der Waals surface area (Å²) >= 11 is 0. The zero-order chi connectivity index (χ0) is 19.2. The zero-order valence-electron chi connectivity index (χ0n) is 15.4. The van der Waals surface area contributed by atoms with Crippen LogP contribution in [0.2, 0.25) is 0 Å². The molecule has 1 atom stereocenters. The van der Waals surface area contributed by atoms with Crippen molar-refractivity contribution in [2.75, 3.05) is 32.1 Å². The molecule has 5 nitrogen and oxygen atoms in total. The number of anilines is 1. The minimum atomic E-state index is -0.726. The van der Waals surface area contributed by atoms with Crippen molar-refractivity contribution in [3.05, 3.63) is 59.4 Å². The molecule has 1 spiro atoms. The smallest absolute Gasteiger partial charge is 0.239 e. The van der Waals surface area contributed by atoms with Gasteiger partial charge in [0.15, 0.2) is 0 Å². The Hall–Kier alpha value is -2.89. The first kappa shape index (κ1) is 17.5. The quantitative estimate of drug-likeness (QED) is 0.837. The standard InChI is InChI=1S/C21H21FN2O3/c1-23-18-7-6-16(27-2)12-17(18)21(20(23)26)8-9-24(13-21)19(25)11-14-4-3-5-15(22)10-14/h3-7,10,12H,8-9,11,13H2,1-2H3. The summed E-state index contributed by atoms with van der Waals surface area (Å²) in [6, 6.07) is 11.7. The summed E-state index contributed by atoms with van der Waals surface area (Å²) in [7, 11) is 3.36. The van der Waals surface area contributed by atoms with Gasteiger partial charge in [-0.15, -0.1) is 0 Å². The van der Waals surface area contributed by atoms with Crippen molar-refractivity contribution in [2.45, 2.75) is 18.3 Å². The van der Waals surface area contributed by atoms with E-state index in [0.29, 0.717) is 30.8 Å². The van der Waals surface area contributed by atoms with E-state index in [9.17, 15) is 14.0 Å². The van der Waals surface area contributed by atoms with Crippen LogP contribution in [0.3, 0.4) is 0 Å². The Morgan fingerprint density at radius 1 is 1.26 bits per heavy atom. The molecular formula is C21H21FN2O3. The van der Waals surface area contributed by atoms with Gasteiger partial charge in [-0.3, -0.25) is 9.59 Å². The number of hydrogen-bond donors (Lipinski definition) is 0. The number of rotatable bonds is 3. The third-order valence-electron chi connectivity index (χ3n) is 5.66. The second-order valence-corrected chi connectivity index (χ2v) is 7.20. The lowest BCUT2D eigenvalue weighted by atomic mass is 9.81. The number of likely N-dealkylation sites (N-methyl/N-ethyl adjacent to an activating group) is 1. The van der Waals surface area contributed by atoms with Crippen LogP contribution in [0.1, 0.15) is 17.5 Å². The van der Waals surface area contributed by atoms with Crippen LogP contribution < -0.4 is 9.64 Å². The molecule has 27 heavy (non-hydrogen) atoms. The van der Waals surface area contributed by atoms with Crippen molar-refractivity contribution in [3.63, 3.8) is 0 Å². The van der Waals surface area contributed by atoms with Gasteiger partial charge in [0, 0.05) is 25.8 Å². The van der Waals surface area contributed by atoms with Gasteiger partial charge in [0.25, 0.3) is 0 Å². The maximum Gasteiger partial charge on any atom is 0.239 e. The first-order chi connectivity index (χ1) is 12.9. The van der Waals surface area contributed by atoms with Crippen LogP contribution in [0, 0.1) is 5.82 Å². The highest BCUT2D eigenvalue weighted by Crippen LogP contribution is 2.48. The molecule has 140 valence electrons. The first-order valence-corrected chi connectivity index (χ1v) is 8.93. The number of fused-ring (bicyclic) bond motifs is 2. The van der Waals surface area contributed by atoms with Gasteiger partial charge in [-0.05, 0) is 47.9 Å². The number of amides is 2. The predicted molar refractivity (Wildman–Crippen MR) is 99.4 cm³/mol. The zero-order valence-corrected chi connectivity index (χ0v) is 15.4. The van der Waals surface area contributed by atoms with Gasteiger partial charge in [-0.25, -0.2) is 4.39 Å². The van der Waals surface area contributed by atoms with Gasteiger partial charge in [-0.2, -0.15) is 0 Å². The molecule has 2 aromatic carbocycles. The predicted octanol–water partition coefficient (Wildman–Crippen LogP) is 2.52. The largest absolute Gasteiger partial charge is 0.497 e. The number of halogens is 1. The highest BCUT2D eigenvalue weighted by Gasteiger charge is 2.54. The lowest BCUT2D eigenvalue weighted by Crippen LogP contribution is -2.42. The fourth-order valence-corrected chi connectivity index (χ4v) is 4.21. The van der Waals surface area contributed by atoms with E-state index >= 15 is 0 Å². The van der Waals surface area contributed by atoms with Crippen LogP contribution >= 0.6 is 0 Å². The summed E-state index contributed by atoms with van der Waals surface area (Å²) in [4.78, 5) is 29.2. The molecule has 0 saturated carbocycles. The van der Waals surface area contributed by atoms with Crippen molar-refractivity contribution < 1.29 is 18.7 Å². The van der Waals surface area contributed by atoms with Gasteiger partial charge in [-0.1, -0.05) is 12.1 Å². The molecule has 1 unspecified atom stereocenters. The molecule has 1 fully saturated rings. The number of nitrogens with zero attached hydrogens (tertiary/aromatic N) is 2. The van der Waals surface area contributed by atoms with Crippen LogP contribution in [0.15, 0.2) is 42.5 Å². The van der Waals surface area contributed by atoms with E-state index in [2.05, 4.69) is 0 Å². The average molecular weight is 368 g/mol. The fraction of sp³-hybridized carbons (Fsp3) is 0.333. The highest BCUT2D eigenvalue weighted by atomic mass is 19.1. The number of hydrogen-bond acceptors (Lipinski definition) is 3. The summed E-state index contributed by atoms with van der Waals surface area (Å²) in [5.41, 5.74) is 1.68. The Balaban J connectivity index is 1.60. The highest BCUT2D eigenvalue weighted by molar-refractivity contribution is 6.08. The number of benzene rings is 2. The molecule has 2 aliphatic rings. The van der Waals surface area contributed by atoms with Crippen LogP contribution in [0.4, 0.5) is 10.1 Å². The van der Waals surface area contributed by atoms with E-state index in [4.69, 9.17) is 4.74 Å². The lowest BCUT2D eigenvalue weighted by molar-refractivity contribution is -0.130. The summed E-state index contributed by atoms with van der Waals surface area (Å²) in [5.74, 6) is 0.253. The van der Waals surface area contributed by atoms with Gasteiger partial charge < -0.3 is 14.5 Å². The van der Waals surface area contributed by atoms with Crippen LogP contribution in [-0.4, -0.2) is 44.0 Å². The molecule has 0 radical (unpaired) electrons. The van der Waals surface area contributed by atoms with Crippen LogP contribution in [-0.2, 0) is 21.4 Å². The number of methoxy groups -OCH3 is 1. The van der Waals surface area contributed by atoms with E-state index in [1.165, 1.54) is 12.1 Å². The van der Waals surface area contributed by atoms with Gasteiger partial charge >= 0.3 is 0 Å². The molecule has 6 heteroatoms. The first-order valence-electron chi connectivity index (χ1n) is 8.93. The van der Waals surface area contributed by atoms with E-state index in [1.807, 2.05) is 18.2 Å². The molecule has 2 aliphatic heterocycles. The SMILES string of the molecule is COc1ccc2c(c1)C1(CCN(C(=O)Cc3cccc(F)c3)C1)C(=O)N2C. The second kappa shape index (κ2) is 6.37. The third kappa shape index (κ3) is 2.76. The molecule has 1 saturated heterocycles. The van der Waals surface area contributed by atoms with Crippen LogP contribution in [0.25, 0.3) is 0 Å². The molecule has 0 N–H and O–H groups in total. The average Bonchev–Trinajstić information content (AvgIpc) is 3.20. The van der Waals surface area contributed by atoms with Crippen molar-refractivity contribution in [1.82, 2.24) is 4.90 Å². The summed E-state index contributed by atoms with van der Waals surface area (Å²) in [6.07, 6.45) is 0.702. The van der Waals surface area contributed by atoms with E-state index in [1.54, 1.807) is 36.1 Å². The Bertz CT molecular complexity index is 929. The molecule has 0 aromatic heterocycles. The van der Waals surface area contributed by atoms with Crippen molar-refractivity contribution in [3.8, 4) is 5.75 Å². The minimum absolute atomic E-state index is 0.00630. The summed E-state index contributed by atoms with van der Waals surface area (Å²) in [6.45, 7) is 0.842. The molecule has 2 aromatic rings. The normalized spacial score (nSPS) is 21.1. The molecule has 2 amide bonds. The Kier molecular flexibility index (Phi) is 4.13. The molecule has 0 aliphatic carbocycles. The molecule has 2 heterocycles. The van der Waals surface area contributed by atoms with Crippen molar-refractivity contribution in [2.24, 2.45) is 0 Å². The van der Waals surface area contributed by atoms with Crippen molar-refractivity contribution >= 4 is 17.5 Å². The molecule has 0 bridgehead atoms. The van der Waals surface area contributed by atoms with Crippen LogP contribution in [0.5, 0.6) is 5.75 Å². The second-order valence-electron chi connectivity index (χ2n) is 7.20. The minimum Gasteiger partial charge on any atom is -0.497 e. The lowest BCUT2D eigenvalue weighted by Gasteiger charge is -2.23. The topological polar surface area (TPSA) is 49.9 Å². The number of likely N-dealkylation sites (tertiary alicyclic amines) is 1. The fourth-order valence-electron chi connectivity index (χ4n) is 4.21. The monoisotopic (exact) mass is 368 g/mol. The summed E-state index contributed by atoms with van der Waals surface area (Å²) in [5, 5.41) is 0. The van der Waals surface area contributed by atoms with Gasteiger partial charge in [0.05, 0.1) is 18.9 Å². The van der Waals surface area contributed by atoms with Gasteiger partial charge in [0.2, 0.25) is 11.8 Å². The van der Waals surface area contributed by atoms with Crippen molar-refractivity contribution in [1.29, 1.82) is 0 Å². The summed E-state index contributed by atoms with van der Waals surface area (Å²) < 4.78 is 18.7. The Morgan fingerprint density at radius 3 is 2.81 bits per heavy atom.